The van der Waals surface area contributed by atoms with Gasteiger partial charge in [0.05, 0.1) is 18.8 Å². The van der Waals surface area contributed by atoms with Gasteiger partial charge >= 0.3 is 0 Å². The Kier molecular flexibility index (Phi) is 6.34. The van der Waals surface area contributed by atoms with E-state index in [1.165, 1.54) is 0 Å². The fourth-order valence-electron chi connectivity index (χ4n) is 2.78. The van der Waals surface area contributed by atoms with Gasteiger partial charge in [-0.2, -0.15) is 0 Å². The molecule has 0 bridgehead atoms. The Bertz CT molecular complexity index is 456. The average Bonchev–Trinajstić information content (AvgIpc) is 2.53. The number of carbonyl (C=O) groups excluding carboxylic acids is 1. The monoisotopic (exact) mass is 305 g/mol. The maximum absolute atomic E-state index is 12.3. The molecule has 1 atom stereocenters. The molecule has 0 aliphatic carbocycles. The highest BCUT2D eigenvalue weighted by Gasteiger charge is 2.26. The summed E-state index contributed by atoms with van der Waals surface area (Å²) in [6.45, 7) is 6.24. The number of piperidine rings is 1. The van der Waals surface area contributed by atoms with Gasteiger partial charge in [-0.1, -0.05) is 19.9 Å². The molecular formula is C17H27N3O2. The summed E-state index contributed by atoms with van der Waals surface area (Å²) in [5, 5.41) is 0. The summed E-state index contributed by atoms with van der Waals surface area (Å²) >= 11 is 0. The molecule has 2 heterocycles. The predicted molar refractivity (Wildman–Crippen MR) is 86.1 cm³/mol. The van der Waals surface area contributed by atoms with E-state index in [0.717, 1.165) is 37.9 Å². The molecule has 1 amide bonds. The first-order chi connectivity index (χ1) is 10.6. The van der Waals surface area contributed by atoms with Crippen molar-refractivity contribution in [3.63, 3.8) is 0 Å². The van der Waals surface area contributed by atoms with Gasteiger partial charge in [0.15, 0.2) is 0 Å². The molecule has 1 aromatic rings. The zero-order valence-corrected chi connectivity index (χ0v) is 13.6. The normalized spacial score (nSPS) is 17.7. The molecule has 2 N–H and O–H groups in total. The number of hydrogen-bond acceptors (Lipinski definition) is 4. The third-order valence-corrected chi connectivity index (χ3v) is 4.00. The van der Waals surface area contributed by atoms with Crippen LogP contribution in [0.1, 0.15) is 38.7 Å². The largest absolute Gasteiger partial charge is 0.373 e. The van der Waals surface area contributed by atoms with Gasteiger partial charge in [0.25, 0.3) is 0 Å². The van der Waals surface area contributed by atoms with Crippen LogP contribution in [0.15, 0.2) is 24.5 Å². The van der Waals surface area contributed by atoms with Gasteiger partial charge in [-0.05, 0) is 36.8 Å². The quantitative estimate of drug-likeness (QED) is 0.872. The SMILES string of the molecule is CC(C)C[C@@H](N)C(=O)N1CCC(OCc2cccnc2)CC1. The summed E-state index contributed by atoms with van der Waals surface area (Å²) in [6.07, 6.45) is 6.29. The van der Waals surface area contributed by atoms with Gasteiger partial charge in [-0.25, -0.2) is 0 Å². The lowest BCUT2D eigenvalue weighted by molar-refractivity contribution is -0.135. The van der Waals surface area contributed by atoms with E-state index in [1.807, 2.05) is 23.2 Å². The number of amides is 1. The van der Waals surface area contributed by atoms with Crippen LogP contribution in [0.25, 0.3) is 0 Å². The van der Waals surface area contributed by atoms with E-state index in [9.17, 15) is 4.79 Å². The zero-order valence-electron chi connectivity index (χ0n) is 13.6. The number of likely N-dealkylation sites (tertiary alicyclic amines) is 1. The van der Waals surface area contributed by atoms with Crippen LogP contribution in [0, 0.1) is 5.92 Å². The molecule has 0 unspecified atom stereocenters. The minimum Gasteiger partial charge on any atom is -0.373 e. The molecule has 1 aliphatic rings. The Balaban J connectivity index is 1.72. The molecule has 1 aromatic heterocycles. The molecular weight excluding hydrogens is 278 g/mol. The summed E-state index contributed by atoms with van der Waals surface area (Å²) in [6, 6.07) is 3.56. The van der Waals surface area contributed by atoms with Gasteiger partial charge < -0.3 is 15.4 Å². The summed E-state index contributed by atoms with van der Waals surface area (Å²) in [5.74, 6) is 0.527. The first-order valence-electron chi connectivity index (χ1n) is 8.11. The Labute approximate surface area is 132 Å². The van der Waals surface area contributed by atoms with Crippen molar-refractivity contribution in [3.8, 4) is 0 Å². The molecule has 1 aliphatic heterocycles. The molecule has 0 radical (unpaired) electrons. The van der Waals surface area contributed by atoms with Crippen LogP contribution in [0.5, 0.6) is 0 Å². The molecule has 22 heavy (non-hydrogen) atoms. The number of carbonyl (C=O) groups is 1. The lowest BCUT2D eigenvalue weighted by atomic mass is 10.0. The second kappa shape index (κ2) is 8.25. The van der Waals surface area contributed by atoms with E-state index in [2.05, 4.69) is 18.8 Å². The van der Waals surface area contributed by atoms with Gasteiger partial charge in [0.1, 0.15) is 0 Å². The fourth-order valence-corrected chi connectivity index (χ4v) is 2.78. The molecule has 5 nitrogen and oxygen atoms in total. The Hall–Kier alpha value is -1.46. The Morgan fingerprint density at radius 2 is 2.18 bits per heavy atom. The van der Waals surface area contributed by atoms with Crippen molar-refractivity contribution in [2.24, 2.45) is 11.7 Å². The van der Waals surface area contributed by atoms with Crippen LogP contribution in [0.3, 0.4) is 0 Å². The van der Waals surface area contributed by atoms with Crippen LogP contribution in [-0.2, 0) is 16.1 Å². The lowest BCUT2D eigenvalue weighted by Gasteiger charge is -2.33. The van der Waals surface area contributed by atoms with E-state index >= 15 is 0 Å². The molecule has 0 aromatic carbocycles. The van der Waals surface area contributed by atoms with Crippen LogP contribution >= 0.6 is 0 Å². The zero-order chi connectivity index (χ0) is 15.9. The van der Waals surface area contributed by atoms with Crippen molar-refractivity contribution in [1.82, 2.24) is 9.88 Å². The maximum Gasteiger partial charge on any atom is 0.239 e. The van der Waals surface area contributed by atoms with Gasteiger partial charge in [-0.15, -0.1) is 0 Å². The number of hydrogen-bond donors (Lipinski definition) is 1. The third-order valence-electron chi connectivity index (χ3n) is 4.00. The van der Waals surface area contributed by atoms with Crippen molar-refractivity contribution in [1.29, 1.82) is 0 Å². The number of nitrogens with two attached hydrogens (primary N) is 1. The predicted octanol–water partition coefficient (Wildman–Crippen LogP) is 1.96. The highest BCUT2D eigenvalue weighted by molar-refractivity contribution is 5.81. The van der Waals surface area contributed by atoms with E-state index < -0.39 is 0 Å². The number of aromatic nitrogens is 1. The number of ether oxygens (including phenoxy) is 1. The fraction of sp³-hybridized carbons (Fsp3) is 0.647. The highest BCUT2D eigenvalue weighted by atomic mass is 16.5. The second-order valence-corrected chi connectivity index (χ2v) is 6.43. The van der Waals surface area contributed by atoms with Gasteiger partial charge in [0, 0.05) is 25.5 Å². The van der Waals surface area contributed by atoms with E-state index in [4.69, 9.17) is 10.5 Å². The van der Waals surface area contributed by atoms with Crippen LogP contribution in [0.4, 0.5) is 0 Å². The van der Waals surface area contributed by atoms with Gasteiger partial charge in [-0.3, -0.25) is 9.78 Å². The molecule has 0 saturated carbocycles. The van der Waals surface area contributed by atoms with Crippen molar-refractivity contribution in [3.05, 3.63) is 30.1 Å². The summed E-state index contributed by atoms with van der Waals surface area (Å²) in [7, 11) is 0. The molecule has 122 valence electrons. The minimum atomic E-state index is -0.368. The smallest absolute Gasteiger partial charge is 0.239 e. The molecule has 0 spiro atoms. The van der Waals surface area contributed by atoms with Gasteiger partial charge in [0.2, 0.25) is 5.91 Å². The number of rotatable bonds is 6. The number of nitrogens with zero attached hydrogens (tertiary/aromatic N) is 2. The molecule has 1 saturated heterocycles. The van der Waals surface area contributed by atoms with Crippen LogP contribution in [-0.4, -0.2) is 41.0 Å². The van der Waals surface area contributed by atoms with Crippen LogP contribution < -0.4 is 5.73 Å². The van der Waals surface area contributed by atoms with Crippen molar-refractivity contribution in [2.75, 3.05) is 13.1 Å². The van der Waals surface area contributed by atoms with E-state index in [0.29, 0.717) is 12.5 Å². The average molecular weight is 305 g/mol. The molecule has 1 fully saturated rings. The second-order valence-electron chi connectivity index (χ2n) is 6.43. The molecule has 2 rings (SSSR count). The van der Waals surface area contributed by atoms with Crippen molar-refractivity contribution in [2.45, 2.75) is 51.9 Å². The standard InChI is InChI=1S/C17H27N3O2/c1-13(2)10-16(18)17(21)20-8-5-15(6-9-20)22-12-14-4-3-7-19-11-14/h3-4,7,11,13,15-16H,5-6,8-10,12,18H2,1-2H3/t16-/m1/s1. The lowest BCUT2D eigenvalue weighted by Crippen LogP contribution is -2.48. The maximum atomic E-state index is 12.3. The van der Waals surface area contributed by atoms with E-state index in [1.54, 1.807) is 6.20 Å². The highest BCUT2D eigenvalue weighted by Crippen LogP contribution is 2.17. The van der Waals surface area contributed by atoms with Crippen molar-refractivity contribution < 1.29 is 9.53 Å². The summed E-state index contributed by atoms with van der Waals surface area (Å²) in [4.78, 5) is 18.2. The Morgan fingerprint density at radius 1 is 1.45 bits per heavy atom. The first-order valence-corrected chi connectivity index (χ1v) is 8.11. The third kappa shape index (κ3) is 5.07. The van der Waals surface area contributed by atoms with E-state index in [-0.39, 0.29) is 18.1 Å². The van der Waals surface area contributed by atoms with Crippen LogP contribution in [0.2, 0.25) is 0 Å². The Morgan fingerprint density at radius 3 is 2.77 bits per heavy atom. The topological polar surface area (TPSA) is 68.5 Å². The van der Waals surface area contributed by atoms with Crippen molar-refractivity contribution >= 4 is 5.91 Å². The minimum absolute atomic E-state index is 0.0828. The first kappa shape index (κ1) is 16.9. The summed E-state index contributed by atoms with van der Waals surface area (Å²) in [5.41, 5.74) is 7.07. The summed E-state index contributed by atoms with van der Waals surface area (Å²) < 4.78 is 5.91. The number of pyridine rings is 1. The molecule has 5 heteroatoms.